The molecule has 0 amide bonds. The van der Waals surface area contributed by atoms with E-state index in [2.05, 4.69) is 0 Å². The Bertz CT molecular complexity index is 162. The molecule has 0 aliphatic heterocycles. The first-order valence-electron chi connectivity index (χ1n) is 3.08. The van der Waals surface area contributed by atoms with E-state index in [0.29, 0.717) is 0 Å². The molecule has 10 heavy (non-hydrogen) atoms. The predicted molar refractivity (Wildman–Crippen MR) is 37.2 cm³/mol. The van der Waals surface area contributed by atoms with Gasteiger partial charge in [0.1, 0.15) is 0 Å². The summed E-state index contributed by atoms with van der Waals surface area (Å²) in [6.45, 7) is 0.240. The third-order valence-corrected chi connectivity index (χ3v) is 1.24. The third-order valence-electron chi connectivity index (χ3n) is 1.24. The molecule has 0 bridgehead atoms. The van der Waals surface area contributed by atoms with Crippen LogP contribution in [-0.4, -0.2) is 11.7 Å². The average Bonchev–Trinajstić information content (AvgIpc) is 1.91. The van der Waals surface area contributed by atoms with E-state index in [4.69, 9.17) is 5.11 Å². The van der Waals surface area contributed by atoms with Crippen LogP contribution >= 0.6 is 0 Å². The van der Waals surface area contributed by atoms with Crippen LogP contribution in [0.4, 0.5) is 0 Å². The summed E-state index contributed by atoms with van der Waals surface area (Å²) >= 11 is 0. The number of benzene rings is 1. The van der Waals surface area contributed by atoms with Crippen LogP contribution in [0.1, 0.15) is 5.56 Å². The molecule has 0 aliphatic carbocycles. The summed E-state index contributed by atoms with van der Waals surface area (Å²) < 4.78 is 0. The van der Waals surface area contributed by atoms with Crippen molar-refractivity contribution in [2.24, 2.45) is 0 Å². The van der Waals surface area contributed by atoms with Crippen molar-refractivity contribution in [2.45, 2.75) is 6.42 Å². The number of hydrogen-bond donors (Lipinski definition) is 1. The molecule has 1 aromatic rings. The zero-order valence-electron chi connectivity index (χ0n) is 5.83. The number of hydrogen-bond acceptors (Lipinski definition) is 1. The first kappa shape index (κ1) is 10.3. The normalized spacial score (nSPS) is 8.50. The predicted octanol–water partition coefficient (Wildman–Crippen LogP) is 1.22. The van der Waals surface area contributed by atoms with Crippen LogP contribution in [0.25, 0.3) is 0 Å². The summed E-state index contributed by atoms with van der Waals surface area (Å²) in [6, 6.07) is 9.95. The van der Waals surface area contributed by atoms with Gasteiger partial charge in [0.05, 0.1) is 0 Å². The second-order valence-electron chi connectivity index (χ2n) is 1.96. The van der Waals surface area contributed by atoms with Crippen molar-refractivity contribution >= 4 is 0 Å². The number of rotatable bonds is 2. The Morgan fingerprint density at radius 1 is 1.10 bits per heavy atom. The molecule has 1 radical (unpaired) electrons. The largest absolute Gasteiger partial charge is 0.396 e. The van der Waals surface area contributed by atoms with Gasteiger partial charge in [0.25, 0.3) is 0 Å². The standard InChI is InChI=1S/C8H10O.Y/c9-7-6-8-4-2-1-3-5-8;/h1-5,9H,6-7H2;. The quantitative estimate of drug-likeness (QED) is 0.779. The van der Waals surface area contributed by atoms with Gasteiger partial charge in [-0.15, -0.1) is 0 Å². The van der Waals surface area contributed by atoms with Crippen molar-refractivity contribution in [3.63, 3.8) is 0 Å². The molecular formula is C8H10OY. The van der Waals surface area contributed by atoms with Crippen LogP contribution in [0, 0.1) is 0 Å². The van der Waals surface area contributed by atoms with Crippen LogP contribution < -0.4 is 0 Å². The molecule has 0 saturated carbocycles. The minimum Gasteiger partial charge on any atom is -0.396 e. The molecule has 2 heteroatoms. The van der Waals surface area contributed by atoms with Crippen LogP contribution in [-0.2, 0) is 39.1 Å². The van der Waals surface area contributed by atoms with Crippen molar-refractivity contribution in [1.82, 2.24) is 0 Å². The van der Waals surface area contributed by atoms with Gasteiger partial charge in [0.2, 0.25) is 0 Å². The zero-order chi connectivity index (χ0) is 6.53. The summed E-state index contributed by atoms with van der Waals surface area (Å²) in [5, 5.41) is 8.52. The molecule has 0 unspecified atom stereocenters. The van der Waals surface area contributed by atoms with Crippen LogP contribution in [0.3, 0.4) is 0 Å². The van der Waals surface area contributed by atoms with Crippen molar-refractivity contribution in [2.75, 3.05) is 6.61 Å². The summed E-state index contributed by atoms with van der Waals surface area (Å²) in [7, 11) is 0. The Kier molecular flexibility index (Phi) is 6.20. The van der Waals surface area contributed by atoms with E-state index in [9.17, 15) is 0 Å². The molecule has 51 valence electrons. The van der Waals surface area contributed by atoms with Gasteiger partial charge in [-0.05, 0) is 12.0 Å². The third kappa shape index (κ3) is 3.45. The van der Waals surface area contributed by atoms with Crippen molar-refractivity contribution in [3.8, 4) is 0 Å². The van der Waals surface area contributed by atoms with Gasteiger partial charge in [-0.1, -0.05) is 30.3 Å². The van der Waals surface area contributed by atoms with Gasteiger partial charge in [0.15, 0.2) is 0 Å². The second-order valence-corrected chi connectivity index (χ2v) is 1.96. The van der Waals surface area contributed by atoms with E-state index in [-0.39, 0.29) is 39.3 Å². The first-order valence-corrected chi connectivity index (χ1v) is 3.08. The van der Waals surface area contributed by atoms with Gasteiger partial charge >= 0.3 is 0 Å². The van der Waals surface area contributed by atoms with Crippen molar-refractivity contribution < 1.29 is 37.8 Å². The average molecular weight is 211 g/mol. The molecule has 1 N–H and O–H groups in total. The fourth-order valence-corrected chi connectivity index (χ4v) is 0.774. The zero-order valence-corrected chi connectivity index (χ0v) is 8.66. The smallest absolute Gasteiger partial charge is 0.0471 e. The Morgan fingerprint density at radius 3 is 2.20 bits per heavy atom. The Hall–Kier alpha value is 0.284. The minimum absolute atomic E-state index is 0. The molecule has 0 aromatic heterocycles. The first-order chi connectivity index (χ1) is 4.43. The van der Waals surface area contributed by atoms with Crippen LogP contribution in [0.5, 0.6) is 0 Å². The Morgan fingerprint density at radius 2 is 1.70 bits per heavy atom. The molecule has 0 saturated heterocycles. The molecule has 0 atom stereocenters. The summed E-state index contributed by atoms with van der Waals surface area (Å²) in [5.41, 5.74) is 1.19. The monoisotopic (exact) mass is 211 g/mol. The van der Waals surface area contributed by atoms with Gasteiger partial charge in [-0.25, -0.2) is 0 Å². The maximum absolute atomic E-state index is 8.52. The van der Waals surface area contributed by atoms with Crippen LogP contribution in [0.15, 0.2) is 30.3 Å². The van der Waals surface area contributed by atoms with Crippen molar-refractivity contribution in [3.05, 3.63) is 35.9 Å². The summed E-state index contributed by atoms with van der Waals surface area (Å²) in [6.07, 6.45) is 0.765. The van der Waals surface area contributed by atoms with E-state index >= 15 is 0 Å². The maximum atomic E-state index is 8.52. The SMILES string of the molecule is OCCc1ccccc1.[Y]. The van der Waals surface area contributed by atoms with E-state index < -0.39 is 0 Å². The van der Waals surface area contributed by atoms with Crippen molar-refractivity contribution in [1.29, 1.82) is 0 Å². The Labute approximate surface area is 86.3 Å². The molecule has 0 aliphatic rings. The van der Waals surface area contributed by atoms with Crippen LogP contribution in [0.2, 0.25) is 0 Å². The molecule has 0 fully saturated rings. The molecule has 0 spiro atoms. The summed E-state index contributed by atoms with van der Waals surface area (Å²) in [4.78, 5) is 0. The van der Waals surface area contributed by atoms with Gasteiger partial charge in [0, 0.05) is 39.3 Å². The fourth-order valence-electron chi connectivity index (χ4n) is 0.774. The Balaban J connectivity index is 0.000000810. The molecule has 1 nitrogen and oxygen atoms in total. The van der Waals surface area contributed by atoms with Gasteiger partial charge in [-0.2, -0.15) is 0 Å². The van der Waals surface area contributed by atoms with E-state index in [1.165, 1.54) is 5.56 Å². The van der Waals surface area contributed by atoms with E-state index in [1.807, 2.05) is 30.3 Å². The minimum atomic E-state index is 0. The number of aliphatic hydroxyl groups is 1. The molecule has 0 heterocycles. The topological polar surface area (TPSA) is 20.2 Å². The molecular weight excluding hydrogens is 201 g/mol. The summed E-state index contributed by atoms with van der Waals surface area (Å²) in [5.74, 6) is 0. The van der Waals surface area contributed by atoms with Gasteiger partial charge < -0.3 is 5.11 Å². The van der Waals surface area contributed by atoms with Gasteiger partial charge in [-0.3, -0.25) is 0 Å². The van der Waals surface area contributed by atoms with E-state index in [1.54, 1.807) is 0 Å². The number of aliphatic hydroxyl groups excluding tert-OH is 1. The molecule has 1 aromatic carbocycles. The maximum Gasteiger partial charge on any atom is 0.0471 e. The molecule has 1 rings (SSSR count). The van der Waals surface area contributed by atoms with E-state index in [0.717, 1.165) is 6.42 Å². The fraction of sp³-hybridized carbons (Fsp3) is 0.250. The second kappa shape index (κ2) is 6.02.